The number of hydrogen-bond acceptors (Lipinski definition) is 5. The van der Waals surface area contributed by atoms with E-state index in [1.807, 2.05) is 24.3 Å². The van der Waals surface area contributed by atoms with E-state index >= 15 is 0 Å². The highest BCUT2D eigenvalue weighted by Gasteiger charge is 2.27. The van der Waals surface area contributed by atoms with Gasteiger partial charge in [0.05, 0.1) is 7.11 Å². The number of aliphatic carboxylic acids is 1. The van der Waals surface area contributed by atoms with Crippen molar-refractivity contribution in [1.82, 2.24) is 19.6 Å². The number of carboxylic acids is 1. The van der Waals surface area contributed by atoms with Crippen molar-refractivity contribution >= 4 is 11.9 Å². The van der Waals surface area contributed by atoms with Crippen LogP contribution >= 0.6 is 0 Å². The molecule has 27 heavy (non-hydrogen) atoms. The highest BCUT2D eigenvalue weighted by atomic mass is 16.5. The number of amides is 1. The van der Waals surface area contributed by atoms with E-state index in [2.05, 4.69) is 10.00 Å². The predicted octanol–water partition coefficient (Wildman–Crippen LogP) is 1.50. The second-order valence-electron chi connectivity index (χ2n) is 6.59. The number of carbonyl (C=O) groups excluding carboxylic acids is 1. The molecule has 1 aromatic heterocycles. The second-order valence-corrected chi connectivity index (χ2v) is 6.59. The van der Waals surface area contributed by atoms with Crippen molar-refractivity contribution in [2.45, 2.75) is 19.5 Å². The third kappa shape index (κ3) is 4.28. The number of carbonyl (C=O) groups is 2. The molecule has 2 heterocycles. The fourth-order valence-corrected chi connectivity index (χ4v) is 3.16. The molecule has 144 valence electrons. The number of benzene rings is 1. The molecule has 1 atom stereocenters. The minimum Gasteiger partial charge on any atom is -0.497 e. The number of ether oxygens (including phenoxy) is 1. The molecule has 1 saturated heterocycles. The normalized spacial score (nSPS) is 16.1. The zero-order valence-electron chi connectivity index (χ0n) is 15.5. The molecular weight excluding hydrogens is 348 g/mol. The first kappa shape index (κ1) is 18.9. The Kier molecular flexibility index (Phi) is 5.75. The van der Waals surface area contributed by atoms with Crippen LogP contribution in [0, 0.1) is 0 Å². The molecule has 1 fully saturated rings. The van der Waals surface area contributed by atoms with Crippen molar-refractivity contribution in [2.24, 2.45) is 0 Å². The predicted molar refractivity (Wildman–Crippen MR) is 98.7 cm³/mol. The van der Waals surface area contributed by atoms with Crippen molar-refractivity contribution in [2.75, 3.05) is 33.3 Å². The maximum Gasteiger partial charge on any atom is 0.328 e. The van der Waals surface area contributed by atoms with Gasteiger partial charge in [-0.05, 0) is 30.7 Å². The second kappa shape index (κ2) is 8.22. The van der Waals surface area contributed by atoms with E-state index in [-0.39, 0.29) is 5.91 Å². The number of piperazine rings is 1. The van der Waals surface area contributed by atoms with Gasteiger partial charge in [-0.2, -0.15) is 5.10 Å². The lowest BCUT2D eigenvalue weighted by Gasteiger charge is -2.34. The minimum atomic E-state index is -1.02. The van der Waals surface area contributed by atoms with Gasteiger partial charge in [0, 0.05) is 38.9 Å². The van der Waals surface area contributed by atoms with E-state index in [1.54, 1.807) is 18.1 Å². The number of aromatic nitrogens is 2. The molecule has 0 spiro atoms. The molecule has 0 saturated carbocycles. The molecule has 3 rings (SSSR count). The smallest absolute Gasteiger partial charge is 0.328 e. The van der Waals surface area contributed by atoms with Crippen molar-refractivity contribution in [1.29, 1.82) is 0 Å². The molecule has 2 aromatic rings. The summed E-state index contributed by atoms with van der Waals surface area (Å²) in [6.07, 6.45) is 1.46. The van der Waals surface area contributed by atoms with Crippen LogP contribution in [0.4, 0.5) is 0 Å². The van der Waals surface area contributed by atoms with Crippen molar-refractivity contribution in [3.8, 4) is 5.75 Å². The van der Waals surface area contributed by atoms with Crippen LogP contribution in [0.2, 0.25) is 0 Å². The molecule has 0 aliphatic carbocycles. The van der Waals surface area contributed by atoms with Gasteiger partial charge in [-0.3, -0.25) is 9.69 Å². The average molecular weight is 372 g/mol. The van der Waals surface area contributed by atoms with E-state index in [1.165, 1.54) is 23.4 Å². The topological polar surface area (TPSA) is 87.9 Å². The molecule has 1 N–H and O–H groups in total. The van der Waals surface area contributed by atoms with Crippen molar-refractivity contribution in [3.05, 3.63) is 47.8 Å². The highest BCUT2D eigenvalue weighted by Crippen LogP contribution is 2.16. The number of carboxylic acid groups (broad SMARTS) is 1. The Morgan fingerprint density at radius 2 is 1.81 bits per heavy atom. The van der Waals surface area contributed by atoms with Crippen molar-refractivity contribution < 1.29 is 19.4 Å². The lowest BCUT2D eigenvalue weighted by atomic mass is 10.2. The van der Waals surface area contributed by atoms with Crippen LogP contribution in [0.25, 0.3) is 0 Å². The summed E-state index contributed by atoms with van der Waals surface area (Å²) in [4.78, 5) is 28.0. The van der Waals surface area contributed by atoms with Crippen LogP contribution in [-0.2, 0) is 11.3 Å². The molecule has 8 nitrogen and oxygen atoms in total. The van der Waals surface area contributed by atoms with E-state index in [4.69, 9.17) is 4.74 Å². The van der Waals surface area contributed by atoms with Crippen LogP contribution in [0.3, 0.4) is 0 Å². The maximum absolute atomic E-state index is 12.8. The Morgan fingerprint density at radius 1 is 1.15 bits per heavy atom. The molecule has 0 radical (unpaired) electrons. The highest BCUT2D eigenvalue weighted by molar-refractivity contribution is 5.93. The molecule has 1 aliphatic rings. The Balaban J connectivity index is 1.58. The maximum atomic E-state index is 12.8. The summed E-state index contributed by atoms with van der Waals surface area (Å²) >= 11 is 0. The summed E-state index contributed by atoms with van der Waals surface area (Å²) in [6.45, 7) is 5.06. The SMILES string of the molecule is COc1ccc(CN2CCN(C(=O)c3ccnn3C(C)C(=O)O)CC2)cc1. The van der Waals surface area contributed by atoms with E-state index in [0.717, 1.165) is 25.4 Å². The fraction of sp³-hybridized carbons (Fsp3) is 0.421. The average Bonchev–Trinajstić information content (AvgIpc) is 3.17. The Labute approximate surface area is 157 Å². The number of methoxy groups -OCH3 is 1. The lowest BCUT2D eigenvalue weighted by Crippen LogP contribution is -2.48. The first-order chi connectivity index (χ1) is 13.0. The van der Waals surface area contributed by atoms with E-state index < -0.39 is 12.0 Å². The summed E-state index contributed by atoms with van der Waals surface area (Å²) in [5, 5.41) is 13.2. The van der Waals surface area contributed by atoms with Crippen molar-refractivity contribution in [3.63, 3.8) is 0 Å². The summed E-state index contributed by atoms with van der Waals surface area (Å²) in [6, 6.07) is 8.67. The molecule has 1 amide bonds. The minimum absolute atomic E-state index is 0.176. The molecule has 8 heteroatoms. The lowest BCUT2D eigenvalue weighted by molar-refractivity contribution is -0.140. The molecule has 1 aliphatic heterocycles. The van der Waals surface area contributed by atoms with Gasteiger partial charge in [0.25, 0.3) is 5.91 Å². The number of rotatable bonds is 6. The molecule has 1 unspecified atom stereocenters. The molecule has 1 aromatic carbocycles. The summed E-state index contributed by atoms with van der Waals surface area (Å²) in [7, 11) is 1.65. The van der Waals surface area contributed by atoms with Crippen LogP contribution < -0.4 is 4.74 Å². The van der Waals surface area contributed by atoms with Crippen LogP contribution in [-0.4, -0.2) is 69.9 Å². The van der Waals surface area contributed by atoms with Gasteiger partial charge in [-0.15, -0.1) is 0 Å². The first-order valence-corrected chi connectivity index (χ1v) is 8.90. The van der Waals surface area contributed by atoms with Crippen LogP contribution in [0.1, 0.15) is 29.0 Å². The fourth-order valence-electron chi connectivity index (χ4n) is 3.16. The monoisotopic (exact) mass is 372 g/mol. The molecular formula is C19H24N4O4. The number of hydrogen-bond donors (Lipinski definition) is 1. The van der Waals surface area contributed by atoms with Crippen LogP contribution in [0.5, 0.6) is 5.75 Å². The Bertz CT molecular complexity index is 794. The van der Waals surface area contributed by atoms with Gasteiger partial charge in [-0.1, -0.05) is 12.1 Å². The van der Waals surface area contributed by atoms with Gasteiger partial charge >= 0.3 is 5.97 Å². The first-order valence-electron chi connectivity index (χ1n) is 8.90. The molecule has 0 bridgehead atoms. The zero-order chi connectivity index (χ0) is 19.4. The van der Waals surface area contributed by atoms with Gasteiger partial charge in [-0.25, -0.2) is 9.48 Å². The third-order valence-corrected chi connectivity index (χ3v) is 4.84. The standard InChI is InChI=1S/C19H24N4O4/c1-14(19(25)26)23-17(7-8-20-23)18(24)22-11-9-21(10-12-22)13-15-3-5-16(27-2)6-4-15/h3-8,14H,9-13H2,1-2H3,(H,25,26). The van der Waals surface area contributed by atoms with Gasteiger partial charge < -0.3 is 14.7 Å². The third-order valence-electron chi connectivity index (χ3n) is 4.84. The van der Waals surface area contributed by atoms with Crippen LogP contribution in [0.15, 0.2) is 36.5 Å². The largest absolute Gasteiger partial charge is 0.497 e. The quantitative estimate of drug-likeness (QED) is 0.827. The Hall–Kier alpha value is -2.87. The van der Waals surface area contributed by atoms with Gasteiger partial charge in [0.2, 0.25) is 0 Å². The van der Waals surface area contributed by atoms with Gasteiger partial charge in [0.15, 0.2) is 0 Å². The van der Waals surface area contributed by atoms with Gasteiger partial charge in [0.1, 0.15) is 17.5 Å². The zero-order valence-corrected chi connectivity index (χ0v) is 15.5. The summed E-state index contributed by atoms with van der Waals surface area (Å²) in [5.74, 6) is -0.358. The Morgan fingerprint density at radius 3 is 2.41 bits per heavy atom. The van der Waals surface area contributed by atoms with E-state index in [0.29, 0.717) is 18.8 Å². The number of nitrogens with zero attached hydrogens (tertiary/aromatic N) is 4. The van der Waals surface area contributed by atoms with E-state index in [9.17, 15) is 14.7 Å². The summed E-state index contributed by atoms with van der Waals surface area (Å²) < 4.78 is 6.45. The summed E-state index contributed by atoms with van der Waals surface area (Å²) in [5.41, 5.74) is 1.51.